The number of amides is 2. The second-order valence-electron chi connectivity index (χ2n) is 7.70. The van der Waals surface area contributed by atoms with Crippen molar-refractivity contribution in [3.8, 4) is 0 Å². The van der Waals surface area contributed by atoms with E-state index in [9.17, 15) is 9.59 Å². The first kappa shape index (κ1) is 19.4. The van der Waals surface area contributed by atoms with Gasteiger partial charge in [0.25, 0.3) is 0 Å². The maximum absolute atomic E-state index is 12.3. The number of carbonyl (C=O) groups excluding carboxylic acids is 2. The quantitative estimate of drug-likeness (QED) is 0.788. The van der Waals surface area contributed by atoms with Crippen LogP contribution < -0.4 is 5.32 Å². The first-order valence-electron chi connectivity index (χ1n) is 8.96. The van der Waals surface area contributed by atoms with Crippen molar-refractivity contribution in [3.05, 3.63) is 17.5 Å². The van der Waals surface area contributed by atoms with Crippen LogP contribution in [0.4, 0.5) is 0 Å². The number of nitrogens with zero attached hydrogens (tertiary/aromatic N) is 3. The predicted octanol–water partition coefficient (Wildman–Crippen LogP) is 1.57. The van der Waals surface area contributed by atoms with Crippen molar-refractivity contribution in [2.45, 2.75) is 47.1 Å². The number of carbonyl (C=O) groups is 2. The molecule has 1 fully saturated rings. The van der Waals surface area contributed by atoms with Crippen molar-refractivity contribution in [3.63, 3.8) is 0 Å². The van der Waals surface area contributed by atoms with Gasteiger partial charge in [0.1, 0.15) is 0 Å². The average molecular weight is 350 g/mol. The SMILES string of the molecule is Cc1cc(CN2CCN(C(=O)CCCNC(=O)C(C)(C)C)CC2)on1. The van der Waals surface area contributed by atoms with E-state index in [-0.39, 0.29) is 17.2 Å². The molecule has 0 atom stereocenters. The van der Waals surface area contributed by atoms with Gasteiger partial charge in [0.15, 0.2) is 5.76 Å². The number of piperazine rings is 1. The molecule has 0 spiro atoms. The topological polar surface area (TPSA) is 78.7 Å². The molecule has 1 aliphatic heterocycles. The van der Waals surface area contributed by atoms with E-state index in [1.807, 2.05) is 38.7 Å². The lowest BCUT2D eigenvalue weighted by Crippen LogP contribution is -2.48. The molecule has 0 unspecified atom stereocenters. The fraction of sp³-hybridized carbons (Fsp3) is 0.722. The minimum Gasteiger partial charge on any atom is -0.360 e. The van der Waals surface area contributed by atoms with E-state index in [1.54, 1.807) is 0 Å². The van der Waals surface area contributed by atoms with Gasteiger partial charge in [-0.25, -0.2) is 0 Å². The number of aromatic nitrogens is 1. The Morgan fingerprint density at radius 1 is 1.24 bits per heavy atom. The van der Waals surface area contributed by atoms with Gasteiger partial charge in [-0.3, -0.25) is 14.5 Å². The highest BCUT2D eigenvalue weighted by Crippen LogP contribution is 2.13. The van der Waals surface area contributed by atoms with Gasteiger partial charge in [-0.2, -0.15) is 0 Å². The third-order valence-corrected chi connectivity index (χ3v) is 4.32. The van der Waals surface area contributed by atoms with Gasteiger partial charge in [0.2, 0.25) is 11.8 Å². The number of hydrogen-bond acceptors (Lipinski definition) is 5. The Hall–Kier alpha value is -1.89. The van der Waals surface area contributed by atoms with Crippen molar-refractivity contribution in [1.82, 2.24) is 20.3 Å². The van der Waals surface area contributed by atoms with Crippen LogP contribution in [0.2, 0.25) is 0 Å². The third-order valence-electron chi connectivity index (χ3n) is 4.32. The van der Waals surface area contributed by atoms with Crippen molar-refractivity contribution in [1.29, 1.82) is 0 Å². The maximum Gasteiger partial charge on any atom is 0.225 e. The largest absolute Gasteiger partial charge is 0.360 e. The normalized spacial score (nSPS) is 16.1. The van der Waals surface area contributed by atoms with Crippen LogP contribution in [0.3, 0.4) is 0 Å². The van der Waals surface area contributed by atoms with Gasteiger partial charge in [-0.15, -0.1) is 0 Å². The molecule has 0 radical (unpaired) electrons. The molecule has 140 valence electrons. The summed E-state index contributed by atoms with van der Waals surface area (Å²) in [5.74, 6) is 1.06. The van der Waals surface area contributed by atoms with Gasteiger partial charge in [-0.05, 0) is 13.3 Å². The first-order valence-corrected chi connectivity index (χ1v) is 8.96. The number of nitrogens with one attached hydrogen (secondary N) is 1. The minimum absolute atomic E-state index is 0.0243. The lowest BCUT2D eigenvalue weighted by atomic mass is 9.96. The molecule has 2 rings (SSSR count). The lowest BCUT2D eigenvalue weighted by molar-refractivity contribution is -0.133. The molecule has 1 N–H and O–H groups in total. The first-order chi connectivity index (χ1) is 11.8. The van der Waals surface area contributed by atoms with Crippen molar-refractivity contribution < 1.29 is 14.1 Å². The minimum atomic E-state index is -0.387. The molecule has 0 bridgehead atoms. The third kappa shape index (κ3) is 6.16. The van der Waals surface area contributed by atoms with Gasteiger partial charge in [-0.1, -0.05) is 25.9 Å². The second kappa shape index (κ2) is 8.47. The van der Waals surface area contributed by atoms with Crippen LogP contribution in [0.5, 0.6) is 0 Å². The van der Waals surface area contributed by atoms with E-state index in [0.717, 1.165) is 44.2 Å². The summed E-state index contributed by atoms with van der Waals surface area (Å²) < 4.78 is 5.24. The summed E-state index contributed by atoms with van der Waals surface area (Å²) in [6.07, 6.45) is 1.16. The highest BCUT2D eigenvalue weighted by atomic mass is 16.5. The Morgan fingerprint density at radius 2 is 1.92 bits per heavy atom. The smallest absolute Gasteiger partial charge is 0.225 e. The Morgan fingerprint density at radius 3 is 2.48 bits per heavy atom. The molecule has 7 heteroatoms. The zero-order valence-corrected chi connectivity index (χ0v) is 15.8. The molecular formula is C18H30N4O3. The van der Waals surface area contributed by atoms with Crippen LogP contribution in [0.1, 0.15) is 45.1 Å². The molecule has 0 saturated carbocycles. The van der Waals surface area contributed by atoms with Crippen LogP contribution in [0.15, 0.2) is 10.6 Å². The standard InChI is InChI=1S/C18H30N4O3/c1-14-12-15(25-20-14)13-21-8-10-22(11-9-21)16(23)6-5-7-19-17(24)18(2,3)4/h12H,5-11,13H2,1-4H3,(H,19,24). The molecule has 7 nitrogen and oxygen atoms in total. The van der Waals surface area contributed by atoms with E-state index in [4.69, 9.17) is 4.52 Å². The Labute approximate surface area is 149 Å². The van der Waals surface area contributed by atoms with Crippen LogP contribution in [0.25, 0.3) is 0 Å². The average Bonchev–Trinajstić information content (AvgIpc) is 2.96. The van der Waals surface area contributed by atoms with E-state index in [1.165, 1.54) is 0 Å². The van der Waals surface area contributed by atoms with E-state index < -0.39 is 0 Å². The fourth-order valence-electron chi connectivity index (χ4n) is 2.73. The number of aryl methyl sites for hydroxylation is 1. The summed E-state index contributed by atoms with van der Waals surface area (Å²) >= 11 is 0. The molecule has 2 heterocycles. The van der Waals surface area contributed by atoms with E-state index >= 15 is 0 Å². The number of rotatable bonds is 6. The highest BCUT2D eigenvalue weighted by molar-refractivity contribution is 5.81. The maximum atomic E-state index is 12.3. The number of hydrogen-bond donors (Lipinski definition) is 1. The summed E-state index contributed by atoms with van der Waals surface area (Å²) in [6.45, 7) is 12.0. The molecule has 2 amide bonds. The van der Waals surface area contributed by atoms with Crippen LogP contribution in [-0.2, 0) is 16.1 Å². The molecule has 0 aliphatic carbocycles. The lowest BCUT2D eigenvalue weighted by Gasteiger charge is -2.34. The molecule has 25 heavy (non-hydrogen) atoms. The zero-order valence-electron chi connectivity index (χ0n) is 15.8. The summed E-state index contributed by atoms with van der Waals surface area (Å²) in [6, 6.07) is 1.95. The zero-order chi connectivity index (χ0) is 18.4. The summed E-state index contributed by atoms with van der Waals surface area (Å²) in [7, 11) is 0. The molecule has 1 aromatic heterocycles. The molecule has 1 saturated heterocycles. The molecule has 1 aromatic rings. The highest BCUT2D eigenvalue weighted by Gasteiger charge is 2.23. The Bertz CT molecular complexity index is 583. The van der Waals surface area contributed by atoms with Gasteiger partial charge >= 0.3 is 0 Å². The van der Waals surface area contributed by atoms with Crippen LogP contribution in [0, 0.1) is 12.3 Å². The van der Waals surface area contributed by atoms with Crippen LogP contribution in [-0.4, -0.2) is 59.5 Å². The predicted molar refractivity (Wildman–Crippen MR) is 94.8 cm³/mol. The summed E-state index contributed by atoms with van der Waals surface area (Å²) in [4.78, 5) is 28.2. The summed E-state index contributed by atoms with van der Waals surface area (Å²) in [5.41, 5.74) is 0.505. The van der Waals surface area contributed by atoms with Crippen molar-refractivity contribution in [2.75, 3.05) is 32.7 Å². The van der Waals surface area contributed by atoms with Gasteiger partial charge in [0, 0.05) is 50.6 Å². The Balaban J connectivity index is 1.63. The van der Waals surface area contributed by atoms with E-state index in [2.05, 4.69) is 15.4 Å². The molecule has 0 aromatic carbocycles. The van der Waals surface area contributed by atoms with Gasteiger partial charge < -0.3 is 14.7 Å². The second-order valence-corrected chi connectivity index (χ2v) is 7.70. The van der Waals surface area contributed by atoms with Crippen molar-refractivity contribution in [2.24, 2.45) is 5.41 Å². The summed E-state index contributed by atoms with van der Waals surface area (Å²) in [5, 5.41) is 6.78. The monoisotopic (exact) mass is 350 g/mol. The fourth-order valence-corrected chi connectivity index (χ4v) is 2.73. The molecule has 1 aliphatic rings. The van der Waals surface area contributed by atoms with Crippen molar-refractivity contribution >= 4 is 11.8 Å². The van der Waals surface area contributed by atoms with E-state index in [0.29, 0.717) is 19.4 Å². The van der Waals surface area contributed by atoms with Crippen LogP contribution >= 0.6 is 0 Å². The molecular weight excluding hydrogens is 320 g/mol. The van der Waals surface area contributed by atoms with Gasteiger partial charge in [0.05, 0.1) is 12.2 Å². The Kier molecular flexibility index (Phi) is 6.58.